The Morgan fingerprint density at radius 2 is 2.10 bits per heavy atom. The summed E-state index contributed by atoms with van der Waals surface area (Å²) in [6.07, 6.45) is 7.06. The minimum absolute atomic E-state index is 0.0576. The van der Waals surface area contributed by atoms with Gasteiger partial charge in [-0.2, -0.15) is 12.7 Å². The number of likely N-dealkylation sites (N-methyl/N-ethyl adjacent to an activating group) is 1. The minimum Gasteiger partial charge on any atom is -0.318 e. The highest BCUT2D eigenvalue weighted by Crippen LogP contribution is 2.19. The molecule has 0 saturated carbocycles. The lowest BCUT2D eigenvalue weighted by atomic mass is 10.1. The third kappa shape index (κ3) is 4.74. The smallest absolute Gasteiger partial charge is 0.279 e. The van der Waals surface area contributed by atoms with Crippen LogP contribution in [0.1, 0.15) is 24.8 Å². The molecule has 1 fully saturated rings. The molecule has 0 amide bonds. The molecule has 1 aliphatic heterocycles. The topological polar surface area (TPSA) is 74.3 Å². The third-order valence-electron chi connectivity index (χ3n) is 3.77. The standard InChI is InChI=1S/C14H24N4O2S/c1-15-12-14-4-2-3-11-18(14)21(19,20)17-10-7-13-5-8-16-9-6-13/h5-6,8-9,14-15,17H,2-4,7,10-12H2,1H3. The normalized spacial score (nSPS) is 20.5. The van der Waals surface area contributed by atoms with Crippen LogP contribution in [0.3, 0.4) is 0 Å². The molecule has 6 nitrogen and oxygen atoms in total. The molecule has 1 aliphatic rings. The zero-order valence-electron chi connectivity index (χ0n) is 12.5. The van der Waals surface area contributed by atoms with Gasteiger partial charge < -0.3 is 5.32 Å². The van der Waals surface area contributed by atoms with E-state index >= 15 is 0 Å². The highest BCUT2D eigenvalue weighted by Gasteiger charge is 2.31. The van der Waals surface area contributed by atoms with Crippen molar-refractivity contribution < 1.29 is 8.42 Å². The predicted molar refractivity (Wildman–Crippen MR) is 83.1 cm³/mol. The lowest BCUT2D eigenvalue weighted by Crippen LogP contribution is -2.52. The molecular formula is C14H24N4O2S. The third-order valence-corrected chi connectivity index (χ3v) is 5.44. The number of nitrogens with zero attached hydrogens (tertiary/aromatic N) is 2. The summed E-state index contributed by atoms with van der Waals surface area (Å²) < 4.78 is 29.2. The second kappa shape index (κ2) is 7.84. The van der Waals surface area contributed by atoms with E-state index in [1.54, 1.807) is 16.7 Å². The molecule has 1 aromatic rings. The summed E-state index contributed by atoms with van der Waals surface area (Å²) in [4.78, 5) is 3.95. The maximum Gasteiger partial charge on any atom is 0.279 e. The van der Waals surface area contributed by atoms with Crippen molar-refractivity contribution in [2.45, 2.75) is 31.7 Å². The Bertz CT molecular complexity index is 519. The first kappa shape index (κ1) is 16.4. The molecule has 1 aromatic heterocycles. The van der Waals surface area contributed by atoms with Crippen molar-refractivity contribution in [2.75, 3.05) is 26.7 Å². The van der Waals surface area contributed by atoms with Crippen molar-refractivity contribution in [1.29, 1.82) is 0 Å². The molecule has 7 heteroatoms. The lowest BCUT2D eigenvalue weighted by molar-refractivity contribution is 0.246. The average Bonchev–Trinajstić information content (AvgIpc) is 2.49. The van der Waals surface area contributed by atoms with Gasteiger partial charge >= 0.3 is 0 Å². The van der Waals surface area contributed by atoms with E-state index in [-0.39, 0.29) is 6.04 Å². The number of pyridine rings is 1. The Labute approximate surface area is 127 Å². The summed E-state index contributed by atoms with van der Waals surface area (Å²) in [5.41, 5.74) is 1.08. The van der Waals surface area contributed by atoms with Crippen LogP contribution in [0.4, 0.5) is 0 Å². The molecule has 0 bridgehead atoms. The first-order chi connectivity index (χ1) is 10.1. The molecule has 2 rings (SSSR count). The van der Waals surface area contributed by atoms with E-state index in [0.29, 0.717) is 26.1 Å². The van der Waals surface area contributed by atoms with Gasteiger partial charge in [0.05, 0.1) is 0 Å². The fourth-order valence-electron chi connectivity index (χ4n) is 2.69. The number of aromatic nitrogens is 1. The van der Waals surface area contributed by atoms with Gasteiger partial charge in [-0.1, -0.05) is 6.42 Å². The van der Waals surface area contributed by atoms with E-state index in [0.717, 1.165) is 24.8 Å². The summed E-state index contributed by atoms with van der Waals surface area (Å²) in [6.45, 7) is 1.72. The molecule has 0 aromatic carbocycles. The van der Waals surface area contributed by atoms with Crippen LogP contribution in [0.15, 0.2) is 24.5 Å². The van der Waals surface area contributed by atoms with Gasteiger partial charge in [-0.25, -0.2) is 4.72 Å². The summed E-state index contributed by atoms with van der Waals surface area (Å²) in [7, 11) is -1.54. The van der Waals surface area contributed by atoms with Gasteiger partial charge in [-0.05, 0) is 44.0 Å². The van der Waals surface area contributed by atoms with Crippen LogP contribution in [-0.2, 0) is 16.6 Å². The van der Waals surface area contributed by atoms with E-state index in [1.165, 1.54) is 0 Å². The fourth-order valence-corrected chi connectivity index (χ4v) is 4.15. The van der Waals surface area contributed by atoms with Crippen LogP contribution in [0.25, 0.3) is 0 Å². The van der Waals surface area contributed by atoms with Crippen molar-refractivity contribution in [1.82, 2.24) is 19.3 Å². The van der Waals surface area contributed by atoms with Crippen LogP contribution in [0.5, 0.6) is 0 Å². The van der Waals surface area contributed by atoms with Crippen molar-refractivity contribution in [3.63, 3.8) is 0 Å². The molecule has 21 heavy (non-hydrogen) atoms. The highest BCUT2D eigenvalue weighted by atomic mass is 32.2. The number of nitrogens with one attached hydrogen (secondary N) is 2. The molecule has 1 saturated heterocycles. The molecular weight excluding hydrogens is 288 g/mol. The van der Waals surface area contributed by atoms with Gasteiger partial charge in [0, 0.05) is 38.1 Å². The first-order valence-corrected chi connectivity index (χ1v) is 8.87. The fraction of sp³-hybridized carbons (Fsp3) is 0.643. The van der Waals surface area contributed by atoms with Gasteiger partial charge in [-0.3, -0.25) is 4.98 Å². The van der Waals surface area contributed by atoms with Crippen LogP contribution in [-0.4, -0.2) is 50.4 Å². The summed E-state index contributed by atoms with van der Waals surface area (Å²) >= 11 is 0. The largest absolute Gasteiger partial charge is 0.318 e. The van der Waals surface area contributed by atoms with Gasteiger partial charge in [0.2, 0.25) is 0 Å². The Balaban J connectivity index is 1.90. The predicted octanol–water partition coefficient (Wildman–Crippen LogP) is 0.532. The van der Waals surface area contributed by atoms with E-state index in [1.807, 2.05) is 19.2 Å². The summed E-state index contributed by atoms with van der Waals surface area (Å²) in [6, 6.07) is 3.86. The Kier molecular flexibility index (Phi) is 6.10. The maximum absolute atomic E-state index is 12.4. The quantitative estimate of drug-likeness (QED) is 0.770. The first-order valence-electron chi connectivity index (χ1n) is 7.43. The maximum atomic E-state index is 12.4. The zero-order chi connectivity index (χ0) is 15.1. The van der Waals surface area contributed by atoms with E-state index in [9.17, 15) is 8.42 Å². The monoisotopic (exact) mass is 312 g/mol. The molecule has 0 radical (unpaired) electrons. The Hall–Kier alpha value is -1.02. The SMILES string of the molecule is CNCC1CCCCN1S(=O)(=O)NCCc1ccncc1. The minimum atomic E-state index is -3.40. The average molecular weight is 312 g/mol. The molecule has 1 unspecified atom stereocenters. The van der Waals surface area contributed by atoms with Crippen LogP contribution < -0.4 is 10.0 Å². The molecule has 0 aliphatic carbocycles. The van der Waals surface area contributed by atoms with E-state index in [2.05, 4.69) is 15.0 Å². The Morgan fingerprint density at radius 1 is 1.33 bits per heavy atom. The summed E-state index contributed by atoms with van der Waals surface area (Å²) in [5.74, 6) is 0. The van der Waals surface area contributed by atoms with Crippen molar-refractivity contribution in [3.05, 3.63) is 30.1 Å². The molecule has 2 heterocycles. The molecule has 1 atom stereocenters. The zero-order valence-corrected chi connectivity index (χ0v) is 13.3. The number of hydrogen-bond donors (Lipinski definition) is 2. The van der Waals surface area contributed by atoms with Gasteiger partial charge in [0.1, 0.15) is 0 Å². The number of piperidine rings is 1. The Morgan fingerprint density at radius 3 is 2.81 bits per heavy atom. The van der Waals surface area contributed by atoms with Crippen LogP contribution in [0.2, 0.25) is 0 Å². The summed E-state index contributed by atoms with van der Waals surface area (Å²) in [5, 5.41) is 3.08. The molecule has 0 spiro atoms. The molecule has 2 N–H and O–H groups in total. The van der Waals surface area contributed by atoms with Crippen LogP contribution in [0, 0.1) is 0 Å². The van der Waals surface area contributed by atoms with Crippen molar-refractivity contribution in [2.24, 2.45) is 0 Å². The van der Waals surface area contributed by atoms with Crippen molar-refractivity contribution >= 4 is 10.2 Å². The molecule has 118 valence electrons. The lowest BCUT2D eigenvalue weighted by Gasteiger charge is -2.34. The van der Waals surface area contributed by atoms with E-state index in [4.69, 9.17) is 0 Å². The second-order valence-electron chi connectivity index (χ2n) is 5.32. The van der Waals surface area contributed by atoms with Gasteiger partial charge in [0.25, 0.3) is 10.2 Å². The van der Waals surface area contributed by atoms with Gasteiger partial charge in [-0.15, -0.1) is 0 Å². The number of rotatable bonds is 7. The van der Waals surface area contributed by atoms with Gasteiger partial charge in [0.15, 0.2) is 0 Å². The van der Waals surface area contributed by atoms with Crippen molar-refractivity contribution in [3.8, 4) is 0 Å². The highest BCUT2D eigenvalue weighted by molar-refractivity contribution is 7.87. The van der Waals surface area contributed by atoms with Crippen LogP contribution >= 0.6 is 0 Å². The van der Waals surface area contributed by atoms with E-state index < -0.39 is 10.2 Å². The second-order valence-corrected chi connectivity index (χ2v) is 7.03. The number of hydrogen-bond acceptors (Lipinski definition) is 4.